The molecule has 7 aromatic carbocycles. The van der Waals surface area contributed by atoms with E-state index in [2.05, 4.69) is 106 Å². The molecule has 0 amide bonds. The fourth-order valence-corrected chi connectivity index (χ4v) is 7.09. The quantitative estimate of drug-likeness (QED) is 0.161. The standard InChI is InChI=1S/C21H12NO.2C17H12N.Ir/c1-2-7-15(8-3-1)20-21-17(12-13-22-20)19-16-9-5-4-6-14(16)10-11-18(19)23-21;1-3-7-14(8-4-1)16-11-12-18-17(13-16)15-9-5-2-6-10-15;1-2-7-14(8-3-1)15-9-6-10-16(13-15)17-11-4-5-12-18-17;/h1-7,9-13H;2*1-9,11-13H;/q3*-1;+3. The third kappa shape index (κ3) is 8.89. The SMILES string of the molecule is [Ir+3].[c-]1ccc(-c2ccccc2)cc1-c1ccccn1.[c-]1ccccc1-c1cc(-c2ccccc2)ccn1.[c-]1ccccc1-c1nccc2c1oc1ccc3ccccc3c12. The predicted octanol–water partition coefficient (Wildman–Crippen LogP) is 14.0. The van der Waals surface area contributed by atoms with Gasteiger partial charge in [0.05, 0.1) is 0 Å². The Labute approximate surface area is 363 Å². The van der Waals surface area contributed by atoms with Gasteiger partial charge in [-0.05, 0) is 63.1 Å². The van der Waals surface area contributed by atoms with E-state index in [4.69, 9.17) is 4.42 Å². The largest absolute Gasteiger partial charge is 3.00 e. The van der Waals surface area contributed by atoms with Gasteiger partial charge in [-0.3, -0.25) is 0 Å². The maximum atomic E-state index is 6.16. The second-order valence-electron chi connectivity index (χ2n) is 13.7. The summed E-state index contributed by atoms with van der Waals surface area (Å²) in [5, 5.41) is 4.67. The summed E-state index contributed by atoms with van der Waals surface area (Å²) in [7, 11) is 0. The molecule has 5 heteroatoms. The van der Waals surface area contributed by atoms with Crippen molar-refractivity contribution < 1.29 is 24.5 Å². The topological polar surface area (TPSA) is 51.8 Å². The van der Waals surface area contributed by atoms with Crippen molar-refractivity contribution in [3.05, 3.63) is 237 Å². The second-order valence-corrected chi connectivity index (χ2v) is 13.7. The van der Waals surface area contributed by atoms with Crippen molar-refractivity contribution in [3.63, 3.8) is 0 Å². The van der Waals surface area contributed by atoms with E-state index in [1.165, 1.54) is 33.0 Å². The van der Waals surface area contributed by atoms with Crippen LogP contribution in [0.2, 0.25) is 0 Å². The molecule has 0 aliphatic rings. The maximum absolute atomic E-state index is 6.16. The van der Waals surface area contributed by atoms with E-state index in [9.17, 15) is 0 Å². The van der Waals surface area contributed by atoms with Crippen LogP contribution in [0, 0.1) is 18.2 Å². The number of nitrogens with zero attached hydrogens (tertiary/aromatic N) is 3. The molecule has 4 heterocycles. The zero-order chi connectivity index (χ0) is 39.6. The van der Waals surface area contributed by atoms with Crippen molar-refractivity contribution >= 4 is 32.7 Å². The number of pyridine rings is 3. The Hall–Kier alpha value is -7.30. The molecule has 0 N–H and O–H groups in total. The molecule has 60 heavy (non-hydrogen) atoms. The van der Waals surface area contributed by atoms with Crippen LogP contribution in [0.5, 0.6) is 0 Å². The van der Waals surface area contributed by atoms with Gasteiger partial charge < -0.3 is 19.4 Å². The van der Waals surface area contributed by atoms with Gasteiger partial charge in [-0.15, -0.1) is 107 Å². The molecule has 0 bridgehead atoms. The molecule has 286 valence electrons. The molecular weight excluding hydrogens is 911 g/mol. The molecule has 0 aliphatic heterocycles. The van der Waals surface area contributed by atoms with Crippen LogP contribution in [0.4, 0.5) is 0 Å². The molecule has 0 saturated heterocycles. The average Bonchev–Trinajstić information content (AvgIpc) is 3.73. The van der Waals surface area contributed by atoms with Crippen LogP contribution in [0.15, 0.2) is 223 Å². The van der Waals surface area contributed by atoms with Gasteiger partial charge in [-0.2, -0.15) is 0 Å². The number of rotatable bonds is 5. The van der Waals surface area contributed by atoms with Crippen LogP contribution in [0.25, 0.3) is 88.7 Å². The summed E-state index contributed by atoms with van der Waals surface area (Å²) < 4.78 is 6.16. The molecule has 0 radical (unpaired) electrons. The molecule has 11 rings (SSSR count). The molecular formula is C55H36IrN3O. The van der Waals surface area contributed by atoms with Crippen LogP contribution in [-0.4, -0.2) is 15.0 Å². The first-order valence-electron chi connectivity index (χ1n) is 19.4. The number of hydrogen-bond donors (Lipinski definition) is 0. The molecule has 0 aliphatic carbocycles. The molecule has 0 atom stereocenters. The average molecular weight is 947 g/mol. The zero-order valence-electron chi connectivity index (χ0n) is 32.4. The van der Waals surface area contributed by atoms with E-state index < -0.39 is 0 Å². The maximum Gasteiger partial charge on any atom is 3.00 e. The summed E-state index contributed by atoms with van der Waals surface area (Å²) in [6.07, 6.45) is 5.49. The zero-order valence-corrected chi connectivity index (χ0v) is 34.8. The number of furan rings is 1. The third-order valence-corrected chi connectivity index (χ3v) is 9.94. The Balaban J connectivity index is 0.000000125. The Morgan fingerprint density at radius 3 is 1.73 bits per heavy atom. The van der Waals surface area contributed by atoms with Gasteiger partial charge in [-0.25, -0.2) is 0 Å². The van der Waals surface area contributed by atoms with E-state index in [0.717, 1.165) is 55.7 Å². The van der Waals surface area contributed by atoms with Crippen LogP contribution in [0.1, 0.15) is 0 Å². The van der Waals surface area contributed by atoms with E-state index >= 15 is 0 Å². The minimum Gasteiger partial charge on any atom is -0.464 e. The van der Waals surface area contributed by atoms with Crippen molar-refractivity contribution in [3.8, 4) is 56.0 Å². The Morgan fingerprint density at radius 1 is 0.383 bits per heavy atom. The summed E-state index contributed by atoms with van der Waals surface area (Å²) in [6.45, 7) is 0. The summed E-state index contributed by atoms with van der Waals surface area (Å²) >= 11 is 0. The second kappa shape index (κ2) is 19.0. The normalized spacial score (nSPS) is 10.5. The van der Waals surface area contributed by atoms with Gasteiger partial charge in [0.1, 0.15) is 11.2 Å². The van der Waals surface area contributed by atoms with Crippen LogP contribution < -0.4 is 0 Å². The first-order valence-corrected chi connectivity index (χ1v) is 19.4. The van der Waals surface area contributed by atoms with Gasteiger partial charge in [-0.1, -0.05) is 109 Å². The van der Waals surface area contributed by atoms with Gasteiger partial charge >= 0.3 is 20.1 Å². The van der Waals surface area contributed by atoms with Gasteiger partial charge in [0.2, 0.25) is 0 Å². The number of aromatic nitrogens is 3. The van der Waals surface area contributed by atoms with Crippen LogP contribution in [-0.2, 0) is 20.1 Å². The smallest absolute Gasteiger partial charge is 0.464 e. The van der Waals surface area contributed by atoms with Crippen LogP contribution >= 0.6 is 0 Å². The van der Waals surface area contributed by atoms with Crippen molar-refractivity contribution in [1.29, 1.82) is 0 Å². The predicted molar refractivity (Wildman–Crippen MR) is 241 cm³/mol. The molecule has 0 unspecified atom stereocenters. The van der Waals surface area contributed by atoms with E-state index in [0.29, 0.717) is 0 Å². The Morgan fingerprint density at radius 2 is 1.02 bits per heavy atom. The summed E-state index contributed by atoms with van der Waals surface area (Å²) in [4.78, 5) is 13.3. The van der Waals surface area contributed by atoms with Gasteiger partial charge in [0, 0.05) is 35.1 Å². The van der Waals surface area contributed by atoms with Gasteiger partial charge in [0.15, 0.2) is 0 Å². The van der Waals surface area contributed by atoms with E-state index in [-0.39, 0.29) is 20.1 Å². The minimum absolute atomic E-state index is 0. The van der Waals surface area contributed by atoms with E-state index in [1.807, 2.05) is 140 Å². The fraction of sp³-hybridized carbons (Fsp3) is 0. The van der Waals surface area contributed by atoms with Crippen molar-refractivity contribution in [1.82, 2.24) is 15.0 Å². The molecule has 4 aromatic heterocycles. The minimum atomic E-state index is 0. The molecule has 4 nitrogen and oxygen atoms in total. The number of hydrogen-bond acceptors (Lipinski definition) is 4. The number of benzene rings is 7. The van der Waals surface area contributed by atoms with Crippen LogP contribution in [0.3, 0.4) is 0 Å². The molecule has 0 fully saturated rings. The monoisotopic (exact) mass is 947 g/mol. The molecule has 11 aromatic rings. The summed E-state index contributed by atoms with van der Waals surface area (Å²) in [5.74, 6) is 0. The van der Waals surface area contributed by atoms with E-state index in [1.54, 1.807) is 6.20 Å². The summed E-state index contributed by atoms with van der Waals surface area (Å²) in [5.41, 5.74) is 12.2. The van der Waals surface area contributed by atoms with Gasteiger partial charge in [0.25, 0.3) is 0 Å². The van der Waals surface area contributed by atoms with Crippen molar-refractivity contribution in [2.45, 2.75) is 0 Å². The Bertz CT molecular complexity index is 2860. The third-order valence-electron chi connectivity index (χ3n) is 9.94. The van der Waals surface area contributed by atoms with Crippen molar-refractivity contribution in [2.24, 2.45) is 0 Å². The molecule has 0 spiro atoms. The molecule has 0 saturated carbocycles. The van der Waals surface area contributed by atoms with Crippen molar-refractivity contribution in [2.75, 3.05) is 0 Å². The first kappa shape index (κ1) is 39.5. The summed E-state index contributed by atoms with van der Waals surface area (Å²) in [6, 6.07) is 76.8. The first-order chi connectivity index (χ1) is 29.3. The number of fused-ring (bicyclic) bond motifs is 5. The fourth-order valence-electron chi connectivity index (χ4n) is 7.09. The Kier molecular flexibility index (Phi) is 12.5.